The molecule has 3 aromatic rings. The number of hydrogen-bond donors (Lipinski definition) is 3. The van der Waals surface area contributed by atoms with E-state index in [4.69, 9.17) is 9.72 Å². The first-order valence-electron chi connectivity index (χ1n) is 11.8. The highest BCUT2D eigenvalue weighted by Crippen LogP contribution is 2.47. The number of nitrogens with one attached hydrogen (secondary N) is 3. The van der Waals surface area contributed by atoms with Crippen molar-refractivity contribution in [3.63, 3.8) is 0 Å². The van der Waals surface area contributed by atoms with Crippen molar-refractivity contribution in [2.75, 3.05) is 43.2 Å². The number of aryl methyl sites for hydroxylation is 1. The largest absolute Gasteiger partial charge is 0.495 e. The molecule has 1 aromatic carbocycles. The summed E-state index contributed by atoms with van der Waals surface area (Å²) in [5.74, 6) is 1.90. The lowest BCUT2D eigenvalue weighted by molar-refractivity contribution is -0.128. The van der Waals surface area contributed by atoms with Crippen molar-refractivity contribution in [1.29, 1.82) is 0 Å². The molecule has 180 valence electrons. The van der Waals surface area contributed by atoms with Crippen molar-refractivity contribution in [2.24, 2.45) is 0 Å². The Balaban J connectivity index is 1.41. The molecule has 2 fully saturated rings. The molecule has 2 aromatic heterocycles. The van der Waals surface area contributed by atoms with Gasteiger partial charge in [-0.3, -0.25) is 4.79 Å². The molecule has 0 unspecified atom stereocenters. The maximum Gasteiger partial charge on any atom is 0.231 e. The van der Waals surface area contributed by atoms with Crippen LogP contribution in [0.4, 0.5) is 17.5 Å². The Kier molecular flexibility index (Phi) is 5.98. The van der Waals surface area contributed by atoms with E-state index < -0.39 is 7.14 Å². The first-order chi connectivity index (χ1) is 16.4. The molecule has 1 saturated carbocycles. The van der Waals surface area contributed by atoms with Crippen molar-refractivity contribution in [3.05, 3.63) is 30.0 Å². The average molecular weight is 483 g/mol. The van der Waals surface area contributed by atoms with E-state index in [1.165, 1.54) is 6.42 Å². The molecular formula is C24H31N6O3P. The molecule has 0 bridgehead atoms. The number of rotatable bonds is 6. The van der Waals surface area contributed by atoms with E-state index in [1.54, 1.807) is 18.9 Å². The highest BCUT2D eigenvalue weighted by Gasteiger charge is 2.32. The van der Waals surface area contributed by atoms with E-state index in [0.717, 1.165) is 40.6 Å². The van der Waals surface area contributed by atoms with E-state index in [9.17, 15) is 9.36 Å². The summed E-state index contributed by atoms with van der Waals surface area (Å²) in [6.45, 7) is 4.65. The third-order valence-corrected chi connectivity index (χ3v) is 10.0. The molecular weight excluding hydrogens is 451 g/mol. The number of amides is 1. The zero-order valence-corrected chi connectivity index (χ0v) is 20.7. The van der Waals surface area contributed by atoms with Crippen LogP contribution in [0.25, 0.3) is 11.0 Å². The highest BCUT2D eigenvalue weighted by molar-refractivity contribution is 7.71. The van der Waals surface area contributed by atoms with Crippen LogP contribution in [-0.2, 0) is 9.36 Å². The summed E-state index contributed by atoms with van der Waals surface area (Å²) in [7, 11) is -0.986. The summed E-state index contributed by atoms with van der Waals surface area (Å²) >= 11 is 0. The van der Waals surface area contributed by atoms with E-state index in [-0.39, 0.29) is 5.91 Å². The van der Waals surface area contributed by atoms with Gasteiger partial charge in [-0.1, -0.05) is 0 Å². The molecule has 5 rings (SSSR count). The Bertz CT molecular complexity index is 1270. The molecule has 9 nitrogen and oxygen atoms in total. The number of carbonyl (C=O) groups is 1. The Hall–Kier alpha value is -3.06. The number of fused-ring (bicyclic) bond motifs is 1. The van der Waals surface area contributed by atoms with Gasteiger partial charge in [-0.05, 0) is 49.9 Å². The molecule has 10 heteroatoms. The van der Waals surface area contributed by atoms with Gasteiger partial charge in [0.1, 0.15) is 24.4 Å². The quantitative estimate of drug-likeness (QED) is 0.458. The maximum absolute atomic E-state index is 13.6. The van der Waals surface area contributed by atoms with E-state index >= 15 is 0 Å². The summed E-state index contributed by atoms with van der Waals surface area (Å²) in [5, 5.41) is 8.64. The SMILES string of the molecule is COc1cc(P2(=O)CCN(C(C)=O)CC2)ccc1Nc1nc(NC2CCC2)c2c(C)c[nH]c2n1. The molecule has 1 aliphatic heterocycles. The molecule has 3 heterocycles. The fourth-order valence-corrected chi connectivity index (χ4v) is 7.18. The zero-order chi connectivity index (χ0) is 23.9. The smallest absolute Gasteiger partial charge is 0.231 e. The fourth-order valence-electron chi connectivity index (χ4n) is 4.61. The monoisotopic (exact) mass is 482 g/mol. The normalized spacial score (nSPS) is 17.9. The van der Waals surface area contributed by atoms with Gasteiger partial charge < -0.3 is 29.8 Å². The minimum Gasteiger partial charge on any atom is -0.495 e. The second-order valence-electron chi connectivity index (χ2n) is 9.22. The second kappa shape index (κ2) is 8.95. The second-order valence-corrected chi connectivity index (χ2v) is 12.4. The van der Waals surface area contributed by atoms with Gasteiger partial charge in [0.15, 0.2) is 0 Å². The number of anilines is 3. The van der Waals surface area contributed by atoms with Crippen LogP contribution in [0.5, 0.6) is 5.75 Å². The molecule has 2 aliphatic rings. The van der Waals surface area contributed by atoms with Gasteiger partial charge in [-0.2, -0.15) is 9.97 Å². The first kappa shape index (κ1) is 22.7. The van der Waals surface area contributed by atoms with E-state index in [2.05, 4.69) is 20.6 Å². The minimum absolute atomic E-state index is 0.0313. The van der Waals surface area contributed by atoms with Crippen LogP contribution in [0.3, 0.4) is 0 Å². The third kappa shape index (κ3) is 4.25. The van der Waals surface area contributed by atoms with Crippen molar-refractivity contribution in [1.82, 2.24) is 19.9 Å². The highest BCUT2D eigenvalue weighted by atomic mass is 31.2. The van der Waals surface area contributed by atoms with Crippen LogP contribution in [0.2, 0.25) is 0 Å². The van der Waals surface area contributed by atoms with E-state index in [1.807, 2.05) is 31.3 Å². The molecule has 0 radical (unpaired) electrons. The van der Waals surface area contributed by atoms with Gasteiger partial charge in [-0.25, -0.2) is 0 Å². The molecule has 34 heavy (non-hydrogen) atoms. The molecule has 0 spiro atoms. The van der Waals surface area contributed by atoms with Gasteiger partial charge in [0.25, 0.3) is 0 Å². The average Bonchev–Trinajstić information content (AvgIpc) is 3.17. The van der Waals surface area contributed by atoms with Crippen LogP contribution < -0.4 is 20.7 Å². The Morgan fingerprint density at radius 2 is 2.00 bits per heavy atom. The standard InChI is InChI=1S/C24H31N6O3P/c1-15-14-25-22-21(15)23(26-17-5-4-6-17)29-24(28-22)27-19-8-7-18(13-20(19)33-3)34(32)11-9-30(10-12-34)16(2)31/h7-8,13-14,17H,4-6,9-12H2,1-3H3,(H3,25,26,27,28,29). The van der Waals surface area contributed by atoms with Gasteiger partial charge in [0.2, 0.25) is 11.9 Å². The lowest BCUT2D eigenvalue weighted by atomic mass is 9.93. The third-order valence-electron chi connectivity index (χ3n) is 6.98. The predicted molar refractivity (Wildman–Crippen MR) is 135 cm³/mol. The topological polar surface area (TPSA) is 112 Å². The number of benzene rings is 1. The summed E-state index contributed by atoms with van der Waals surface area (Å²) in [6.07, 6.45) is 6.46. The summed E-state index contributed by atoms with van der Waals surface area (Å²) in [6, 6.07) is 6.05. The number of carbonyl (C=O) groups excluding carboxylic acids is 1. The van der Waals surface area contributed by atoms with Crippen molar-refractivity contribution >= 4 is 46.8 Å². The van der Waals surface area contributed by atoms with Crippen molar-refractivity contribution in [2.45, 2.75) is 39.2 Å². The number of aromatic amines is 1. The van der Waals surface area contributed by atoms with Gasteiger partial charge in [-0.15, -0.1) is 0 Å². The van der Waals surface area contributed by atoms with Crippen LogP contribution >= 0.6 is 7.14 Å². The van der Waals surface area contributed by atoms with E-state index in [0.29, 0.717) is 48.8 Å². The number of ether oxygens (including phenoxy) is 1. The predicted octanol–water partition coefficient (Wildman–Crippen LogP) is 3.83. The van der Waals surface area contributed by atoms with Crippen LogP contribution in [-0.4, -0.2) is 64.3 Å². The lowest BCUT2D eigenvalue weighted by Gasteiger charge is -2.32. The van der Waals surface area contributed by atoms with Crippen LogP contribution in [0, 0.1) is 6.92 Å². The van der Waals surface area contributed by atoms with Gasteiger partial charge in [0.05, 0.1) is 18.2 Å². The number of hydrogen-bond acceptors (Lipinski definition) is 7. The number of methoxy groups -OCH3 is 1. The molecule has 1 aliphatic carbocycles. The number of H-pyrrole nitrogens is 1. The van der Waals surface area contributed by atoms with Crippen molar-refractivity contribution in [3.8, 4) is 5.75 Å². The zero-order valence-electron chi connectivity index (χ0n) is 19.9. The Morgan fingerprint density at radius 1 is 1.24 bits per heavy atom. The van der Waals surface area contributed by atoms with Gasteiger partial charge >= 0.3 is 0 Å². The lowest BCUT2D eigenvalue weighted by Crippen LogP contribution is -2.39. The Labute approximate surface area is 199 Å². The minimum atomic E-state index is -2.58. The molecule has 0 atom stereocenters. The van der Waals surface area contributed by atoms with Crippen molar-refractivity contribution < 1.29 is 14.1 Å². The van der Waals surface area contributed by atoms with Crippen LogP contribution in [0.15, 0.2) is 24.4 Å². The molecule has 1 saturated heterocycles. The summed E-state index contributed by atoms with van der Waals surface area (Å²) in [5.41, 5.74) is 2.58. The number of aromatic nitrogens is 3. The molecule has 3 N–H and O–H groups in total. The number of nitrogens with zero attached hydrogens (tertiary/aromatic N) is 3. The molecule has 1 amide bonds. The summed E-state index contributed by atoms with van der Waals surface area (Å²) in [4.78, 5) is 26.1. The summed E-state index contributed by atoms with van der Waals surface area (Å²) < 4.78 is 19.3. The van der Waals surface area contributed by atoms with Crippen LogP contribution in [0.1, 0.15) is 31.7 Å². The Morgan fingerprint density at radius 3 is 2.65 bits per heavy atom. The fraction of sp³-hybridized carbons (Fsp3) is 0.458. The maximum atomic E-state index is 13.6. The first-order valence-corrected chi connectivity index (χ1v) is 13.9. The van der Waals surface area contributed by atoms with Gasteiger partial charge in [0, 0.05) is 49.9 Å².